The summed E-state index contributed by atoms with van der Waals surface area (Å²) in [6, 6.07) is 0.161. The van der Waals surface area contributed by atoms with Gasteiger partial charge in [-0.15, -0.1) is 0 Å². The second kappa shape index (κ2) is 7.27. The zero-order chi connectivity index (χ0) is 15.3. The molecule has 0 aromatic carbocycles. The first kappa shape index (κ1) is 17.2. The molecule has 118 valence electrons. The van der Waals surface area contributed by atoms with E-state index in [0.29, 0.717) is 12.5 Å². The molecule has 1 aliphatic rings. The highest BCUT2D eigenvalue weighted by Gasteiger charge is 2.29. The summed E-state index contributed by atoms with van der Waals surface area (Å²) in [5.74, 6) is 0.525. The molecule has 0 saturated carbocycles. The summed E-state index contributed by atoms with van der Waals surface area (Å²) in [4.78, 5) is 16.5. The number of ether oxygens (including phenoxy) is 1. The molecular weight excluding hydrogens is 254 g/mol. The second-order valence-corrected chi connectivity index (χ2v) is 6.97. The van der Waals surface area contributed by atoms with Crippen LogP contribution in [0, 0.1) is 5.92 Å². The Morgan fingerprint density at radius 2 is 2.10 bits per heavy atom. The Morgan fingerprint density at radius 3 is 2.60 bits per heavy atom. The Kier molecular flexibility index (Phi) is 6.27. The summed E-state index contributed by atoms with van der Waals surface area (Å²) in [5.41, 5.74) is 5.16. The Labute approximate surface area is 123 Å². The summed E-state index contributed by atoms with van der Waals surface area (Å²) >= 11 is 0. The van der Waals surface area contributed by atoms with Gasteiger partial charge in [-0.1, -0.05) is 0 Å². The van der Waals surface area contributed by atoms with Crippen LogP contribution < -0.4 is 5.73 Å². The van der Waals surface area contributed by atoms with Gasteiger partial charge < -0.3 is 20.3 Å². The maximum absolute atomic E-state index is 12.3. The lowest BCUT2D eigenvalue weighted by Crippen LogP contribution is -2.44. The van der Waals surface area contributed by atoms with Gasteiger partial charge in [0.2, 0.25) is 0 Å². The quantitative estimate of drug-likeness (QED) is 0.838. The predicted molar refractivity (Wildman–Crippen MR) is 81.7 cm³/mol. The van der Waals surface area contributed by atoms with Crippen LogP contribution in [0.15, 0.2) is 0 Å². The van der Waals surface area contributed by atoms with E-state index in [0.717, 1.165) is 32.6 Å². The first-order chi connectivity index (χ1) is 9.23. The van der Waals surface area contributed by atoms with Crippen LogP contribution in [-0.2, 0) is 4.74 Å². The van der Waals surface area contributed by atoms with Gasteiger partial charge >= 0.3 is 6.09 Å². The molecule has 1 saturated heterocycles. The van der Waals surface area contributed by atoms with Gasteiger partial charge in [-0.05, 0) is 53.5 Å². The van der Waals surface area contributed by atoms with Crippen molar-refractivity contribution < 1.29 is 9.53 Å². The van der Waals surface area contributed by atoms with Crippen LogP contribution in [-0.4, -0.2) is 60.3 Å². The number of carbonyl (C=O) groups excluding carboxylic acids is 1. The van der Waals surface area contributed by atoms with Crippen molar-refractivity contribution >= 4 is 6.09 Å². The molecule has 0 radical (unpaired) electrons. The number of hydrogen-bond donors (Lipinski definition) is 1. The van der Waals surface area contributed by atoms with Crippen LogP contribution in [0.1, 0.15) is 41.0 Å². The van der Waals surface area contributed by atoms with Crippen LogP contribution in [0.5, 0.6) is 0 Å². The van der Waals surface area contributed by atoms with Gasteiger partial charge in [0.15, 0.2) is 0 Å². The van der Waals surface area contributed by atoms with Crippen molar-refractivity contribution in [1.29, 1.82) is 0 Å². The van der Waals surface area contributed by atoms with Crippen LogP contribution >= 0.6 is 0 Å². The summed E-state index contributed by atoms with van der Waals surface area (Å²) in [7, 11) is 0. The van der Waals surface area contributed by atoms with Crippen molar-refractivity contribution in [2.45, 2.75) is 52.7 Å². The van der Waals surface area contributed by atoms with E-state index in [4.69, 9.17) is 10.5 Å². The van der Waals surface area contributed by atoms with Crippen molar-refractivity contribution in [3.63, 3.8) is 0 Å². The van der Waals surface area contributed by atoms with Gasteiger partial charge in [0.25, 0.3) is 0 Å². The molecular formula is C15H31N3O2. The van der Waals surface area contributed by atoms with E-state index in [2.05, 4.69) is 4.90 Å². The van der Waals surface area contributed by atoms with Crippen LogP contribution in [0.4, 0.5) is 4.79 Å². The van der Waals surface area contributed by atoms with E-state index in [9.17, 15) is 4.79 Å². The molecule has 1 fully saturated rings. The van der Waals surface area contributed by atoms with E-state index >= 15 is 0 Å². The number of rotatable bonds is 5. The molecule has 5 nitrogen and oxygen atoms in total. The molecule has 20 heavy (non-hydrogen) atoms. The van der Waals surface area contributed by atoms with Crippen molar-refractivity contribution in [2.75, 3.05) is 32.7 Å². The third-order valence-corrected chi connectivity index (χ3v) is 3.52. The predicted octanol–water partition coefficient (Wildman–Crippen LogP) is 1.91. The average molecular weight is 285 g/mol. The lowest BCUT2D eigenvalue weighted by molar-refractivity contribution is 0.0159. The van der Waals surface area contributed by atoms with E-state index < -0.39 is 5.60 Å². The molecule has 1 amide bonds. The lowest BCUT2D eigenvalue weighted by Gasteiger charge is -2.32. The van der Waals surface area contributed by atoms with E-state index in [-0.39, 0.29) is 12.1 Å². The molecule has 1 atom stereocenters. The van der Waals surface area contributed by atoms with Crippen molar-refractivity contribution in [2.24, 2.45) is 11.7 Å². The summed E-state index contributed by atoms with van der Waals surface area (Å²) < 4.78 is 5.50. The van der Waals surface area contributed by atoms with Gasteiger partial charge in [-0.25, -0.2) is 4.79 Å². The fourth-order valence-corrected chi connectivity index (χ4v) is 2.54. The van der Waals surface area contributed by atoms with Crippen LogP contribution in [0.2, 0.25) is 0 Å². The van der Waals surface area contributed by atoms with Gasteiger partial charge in [0.05, 0.1) is 0 Å². The minimum absolute atomic E-state index is 0.161. The summed E-state index contributed by atoms with van der Waals surface area (Å²) in [6.45, 7) is 14.3. The molecule has 0 unspecified atom stereocenters. The summed E-state index contributed by atoms with van der Waals surface area (Å²) in [6.07, 6.45) is 0.927. The van der Waals surface area contributed by atoms with E-state index in [1.54, 1.807) is 0 Å². The SMILES string of the molecule is CC(C)N(C[C@H]1CCN(CCN)C1)C(=O)OC(C)(C)C. The van der Waals surface area contributed by atoms with Gasteiger partial charge in [0.1, 0.15) is 5.60 Å². The Bertz CT molecular complexity index is 313. The maximum Gasteiger partial charge on any atom is 0.410 e. The Hall–Kier alpha value is -0.810. The zero-order valence-electron chi connectivity index (χ0n) is 13.7. The molecule has 1 aliphatic heterocycles. The number of nitrogens with two attached hydrogens (primary N) is 1. The molecule has 1 rings (SSSR count). The maximum atomic E-state index is 12.3. The molecule has 2 N–H and O–H groups in total. The number of carbonyl (C=O) groups is 1. The van der Waals surface area contributed by atoms with Crippen molar-refractivity contribution in [3.05, 3.63) is 0 Å². The Balaban J connectivity index is 2.54. The van der Waals surface area contributed by atoms with Crippen LogP contribution in [0.25, 0.3) is 0 Å². The van der Waals surface area contributed by atoms with E-state index in [1.165, 1.54) is 0 Å². The molecule has 0 spiro atoms. The third-order valence-electron chi connectivity index (χ3n) is 3.52. The first-order valence-corrected chi connectivity index (χ1v) is 7.65. The molecule has 5 heteroatoms. The fraction of sp³-hybridized carbons (Fsp3) is 0.933. The highest BCUT2D eigenvalue weighted by molar-refractivity contribution is 5.68. The monoisotopic (exact) mass is 285 g/mol. The normalized spacial score (nSPS) is 20.4. The van der Waals surface area contributed by atoms with Gasteiger partial charge in [-0.2, -0.15) is 0 Å². The summed E-state index contributed by atoms with van der Waals surface area (Å²) in [5, 5.41) is 0. The van der Waals surface area contributed by atoms with E-state index in [1.807, 2.05) is 39.5 Å². The number of amides is 1. The highest BCUT2D eigenvalue weighted by atomic mass is 16.6. The number of hydrogen-bond acceptors (Lipinski definition) is 4. The molecule has 1 heterocycles. The molecule has 0 aromatic heterocycles. The lowest BCUT2D eigenvalue weighted by atomic mass is 10.1. The van der Waals surface area contributed by atoms with Crippen LogP contribution in [0.3, 0.4) is 0 Å². The molecule has 0 aliphatic carbocycles. The zero-order valence-corrected chi connectivity index (χ0v) is 13.7. The molecule has 0 bridgehead atoms. The topological polar surface area (TPSA) is 58.8 Å². The second-order valence-electron chi connectivity index (χ2n) is 6.97. The van der Waals surface area contributed by atoms with Gasteiger partial charge in [-0.3, -0.25) is 0 Å². The Morgan fingerprint density at radius 1 is 1.45 bits per heavy atom. The first-order valence-electron chi connectivity index (χ1n) is 7.65. The minimum atomic E-state index is -0.439. The van der Waals surface area contributed by atoms with Gasteiger partial charge in [0, 0.05) is 32.2 Å². The number of likely N-dealkylation sites (tertiary alicyclic amines) is 1. The standard InChI is InChI=1S/C15H31N3O2/c1-12(2)18(14(19)20-15(3,4)5)11-13-6-8-17(10-13)9-7-16/h12-13H,6-11,16H2,1-5H3/t13-/m0/s1. The third kappa shape index (κ3) is 5.67. The minimum Gasteiger partial charge on any atom is -0.444 e. The highest BCUT2D eigenvalue weighted by Crippen LogP contribution is 2.20. The molecule has 0 aromatic rings. The largest absolute Gasteiger partial charge is 0.444 e. The number of nitrogens with zero attached hydrogens (tertiary/aromatic N) is 2. The average Bonchev–Trinajstić information content (AvgIpc) is 2.71. The smallest absolute Gasteiger partial charge is 0.410 e. The fourth-order valence-electron chi connectivity index (χ4n) is 2.54. The van der Waals surface area contributed by atoms with Crippen molar-refractivity contribution in [1.82, 2.24) is 9.80 Å². The van der Waals surface area contributed by atoms with Crippen molar-refractivity contribution in [3.8, 4) is 0 Å².